The highest BCUT2D eigenvalue weighted by atomic mass is 35.5. The van der Waals surface area contributed by atoms with Crippen molar-refractivity contribution >= 4 is 45.8 Å². The highest BCUT2D eigenvalue weighted by Gasteiger charge is 2.24. The summed E-state index contributed by atoms with van der Waals surface area (Å²) in [4.78, 5) is 24.9. The number of fused-ring (bicyclic) bond motifs is 1. The van der Waals surface area contributed by atoms with Crippen LogP contribution in [0.5, 0.6) is 5.75 Å². The Hall–Kier alpha value is -2.83. The van der Waals surface area contributed by atoms with Crippen molar-refractivity contribution in [1.82, 2.24) is 10.6 Å². The van der Waals surface area contributed by atoms with E-state index in [0.717, 1.165) is 42.5 Å². The number of nitrogens with one attached hydrogen (secondary N) is 2. The number of carbonyl (C=O) groups excluding carboxylic acids is 2. The van der Waals surface area contributed by atoms with Crippen LogP contribution in [0.4, 0.5) is 4.39 Å². The average Bonchev–Trinajstić information content (AvgIpc) is 2.80. The van der Waals surface area contributed by atoms with Crippen LogP contribution in [0.2, 0.25) is 10.0 Å². The molecule has 0 spiro atoms. The van der Waals surface area contributed by atoms with Crippen LogP contribution in [0, 0.1) is 5.82 Å². The second-order valence-electron chi connectivity index (χ2n) is 8.16. The summed E-state index contributed by atoms with van der Waals surface area (Å²) in [5, 5.41) is 8.64. The molecule has 1 aliphatic rings. The maximum atomic E-state index is 13.4. The van der Waals surface area contributed by atoms with Gasteiger partial charge in [0.1, 0.15) is 11.6 Å². The summed E-state index contributed by atoms with van der Waals surface area (Å²) in [5.41, 5.74) is 0.607. The monoisotopic (exact) mass is 488 g/mol. The van der Waals surface area contributed by atoms with Gasteiger partial charge in [-0.15, -0.1) is 0 Å². The lowest BCUT2D eigenvalue weighted by Gasteiger charge is -2.29. The molecule has 0 aliphatic heterocycles. The van der Waals surface area contributed by atoms with E-state index in [1.165, 1.54) is 12.1 Å². The molecule has 3 aromatic carbocycles. The fourth-order valence-electron chi connectivity index (χ4n) is 3.99. The van der Waals surface area contributed by atoms with Crippen LogP contribution >= 0.6 is 23.2 Å². The number of carbonyl (C=O) groups is 2. The molecule has 33 heavy (non-hydrogen) atoms. The Labute approximate surface area is 201 Å². The van der Waals surface area contributed by atoms with E-state index in [2.05, 4.69) is 10.6 Å². The minimum atomic E-state index is -0.594. The molecule has 0 heterocycles. The quantitative estimate of drug-likeness (QED) is 0.479. The van der Waals surface area contributed by atoms with Crippen molar-refractivity contribution in [2.75, 3.05) is 6.61 Å². The minimum absolute atomic E-state index is 0.00109. The Kier molecular flexibility index (Phi) is 7.36. The molecule has 8 heteroatoms. The van der Waals surface area contributed by atoms with E-state index in [0.29, 0.717) is 10.6 Å². The third-order valence-electron chi connectivity index (χ3n) is 5.75. The van der Waals surface area contributed by atoms with Gasteiger partial charge < -0.3 is 15.4 Å². The molecular formula is C25H23Cl2FN2O3. The number of amides is 2. The summed E-state index contributed by atoms with van der Waals surface area (Å²) in [6.45, 7) is -0.203. The van der Waals surface area contributed by atoms with Crippen molar-refractivity contribution < 1.29 is 18.7 Å². The fraction of sp³-hybridized carbons (Fsp3) is 0.280. The first-order chi connectivity index (χ1) is 15.9. The van der Waals surface area contributed by atoms with Crippen LogP contribution in [0.25, 0.3) is 10.8 Å². The molecule has 0 radical (unpaired) electrons. The first-order valence-electron chi connectivity index (χ1n) is 10.7. The SMILES string of the molecule is O=C(COc1ccc(Cl)c(F)c1)NC1CCC(NC(=O)c2ccc3cc(Cl)ccc3c2)CC1. The molecular weight excluding hydrogens is 466 g/mol. The van der Waals surface area contributed by atoms with Gasteiger partial charge in [-0.1, -0.05) is 35.3 Å². The summed E-state index contributed by atoms with van der Waals surface area (Å²) in [6, 6.07) is 15.2. The molecule has 1 aliphatic carbocycles. The molecule has 0 unspecified atom stereocenters. The van der Waals surface area contributed by atoms with Crippen LogP contribution in [0.15, 0.2) is 54.6 Å². The number of benzene rings is 3. The fourth-order valence-corrected chi connectivity index (χ4v) is 4.29. The predicted molar refractivity (Wildman–Crippen MR) is 128 cm³/mol. The molecule has 2 N–H and O–H groups in total. The first-order valence-corrected chi connectivity index (χ1v) is 11.5. The first kappa shape index (κ1) is 23.3. The number of hydrogen-bond acceptors (Lipinski definition) is 3. The molecule has 1 fully saturated rings. The summed E-state index contributed by atoms with van der Waals surface area (Å²) >= 11 is 11.7. The van der Waals surface area contributed by atoms with Gasteiger partial charge in [-0.25, -0.2) is 4.39 Å². The molecule has 0 bridgehead atoms. The van der Waals surface area contributed by atoms with Crippen molar-refractivity contribution in [1.29, 1.82) is 0 Å². The highest BCUT2D eigenvalue weighted by molar-refractivity contribution is 6.31. The second-order valence-corrected chi connectivity index (χ2v) is 9.00. The van der Waals surface area contributed by atoms with Crippen molar-refractivity contribution in [2.24, 2.45) is 0 Å². The normalized spacial score (nSPS) is 18.0. The summed E-state index contributed by atoms with van der Waals surface area (Å²) in [7, 11) is 0. The van der Waals surface area contributed by atoms with E-state index in [-0.39, 0.29) is 41.3 Å². The summed E-state index contributed by atoms with van der Waals surface area (Å²) < 4.78 is 18.8. The molecule has 1 saturated carbocycles. The number of hydrogen-bond donors (Lipinski definition) is 2. The van der Waals surface area contributed by atoms with Crippen molar-refractivity contribution in [3.63, 3.8) is 0 Å². The highest BCUT2D eigenvalue weighted by Crippen LogP contribution is 2.23. The lowest BCUT2D eigenvalue weighted by Crippen LogP contribution is -2.44. The standard InChI is InChI=1S/C25H23Cl2FN2O3/c26-18-4-3-15-11-17(2-1-16(15)12-18)25(32)30-20-7-5-19(6-8-20)29-24(31)14-33-21-9-10-22(27)23(28)13-21/h1-4,9-13,19-20H,5-8,14H2,(H,29,31)(H,30,32). The Morgan fingerprint density at radius 1 is 0.879 bits per heavy atom. The molecule has 2 amide bonds. The Morgan fingerprint density at radius 3 is 2.27 bits per heavy atom. The smallest absolute Gasteiger partial charge is 0.258 e. The zero-order chi connectivity index (χ0) is 23.4. The maximum absolute atomic E-state index is 13.4. The van der Waals surface area contributed by atoms with Gasteiger partial charge in [0, 0.05) is 28.7 Å². The van der Waals surface area contributed by atoms with Gasteiger partial charge in [0.15, 0.2) is 6.61 Å². The van der Waals surface area contributed by atoms with E-state index in [1.807, 2.05) is 24.3 Å². The van der Waals surface area contributed by atoms with E-state index in [1.54, 1.807) is 12.1 Å². The summed E-state index contributed by atoms with van der Waals surface area (Å²) in [5.74, 6) is -0.727. The van der Waals surface area contributed by atoms with Gasteiger partial charge in [0.25, 0.3) is 11.8 Å². The molecule has 0 atom stereocenters. The van der Waals surface area contributed by atoms with Gasteiger partial charge >= 0.3 is 0 Å². The van der Waals surface area contributed by atoms with E-state index in [9.17, 15) is 14.0 Å². The molecule has 4 rings (SSSR count). The molecule has 172 valence electrons. The predicted octanol–water partition coefficient (Wildman–Crippen LogP) is 5.52. The lowest BCUT2D eigenvalue weighted by molar-refractivity contribution is -0.124. The maximum Gasteiger partial charge on any atom is 0.258 e. The van der Waals surface area contributed by atoms with Gasteiger partial charge in [-0.05, 0) is 72.9 Å². The van der Waals surface area contributed by atoms with Gasteiger partial charge in [-0.2, -0.15) is 0 Å². The third kappa shape index (κ3) is 6.15. The van der Waals surface area contributed by atoms with E-state index < -0.39 is 5.82 Å². The minimum Gasteiger partial charge on any atom is -0.484 e. The molecule has 0 aromatic heterocycles. The van der Waals surface area contributed by atoms with Crippen molar-refractivity contribution in [3.8, 4) is 5.75 Å². The zero-order valence-corrected chi connectivity index (χ0v) is 19.3. The van der Waals surface area contributed by atoms with E-state index in [4.69, 9.17) is 27.9 Å². The Morgan fingerprint density at radius 2 is 1.55 bits per heavy atom. The topological polar surface area (TPSA) is 67.4 Å². The van der Waals surface area contributed by atoms with E-state index >= 15 is 0 Å². The largest absolute Gasteiger partial charge is 0.484 e. The second kappa shape index (κ2) is 10.4. The van der Waals surface area contributed by atoms with Gasteiger partial charge in [-0.3, -0.25) is 9.59 Å². The third-order valence-corrected chi connectivity index (χ3v) is 6.29. The van der Waals surface area contributed by atoms with Crippen LogP contribution in [-0.2, 0) is 4.79 Å². The number of halogens is 3. The van der Waals surface area contributed by atoms with Crippen LogP contribution in [0.3, 0.4) is 0 Å². The Balaban J connectivity index is 1.22. The molecule has 3 aromatic rings. The van der Waals surface area contributed by atoms with Crippen LogP contribution in [-0.4, -0.2) is 30.5 Å². The van der Waals surface area contributed by atoms with Crippen LogP contribution in [0.1, 0.15) is 36.0 Å². The van der Waals surface area contributed by atoms with Gasteiger partial charge in [0.2, 0.25) is 0 Å². The zero-order valence-electron chi connectivity index (χ0n) is 17.7. The number of rotatable bonds is 6. The summed E-state index contributed by atoms with van der Waals surface area (Å²) in [6.07, 6.45) is 3.04. The van der Waals surface area contributed by atoms with Crippen molar-refractivity contribution in [3.05, 3.63) is 76.0 Å². The molecule has 5 nitrogen and oxygen atoms in total. The lowest BCUT2D eigenvalue weighted by atomic mass is 9.91. The van der Waals surface area contributed by atoms with Gasteiger partial charge in [0.05, 0.1) is 5.02 Å². The Bertz CT molecular complexity index is 1180. The molecule has 0 saturated heterocycles. The van der Waals surface area contributed by atoms with Crippen LogP contribution < -0.4 is 15.4 Å². The van der Waals surface area contributed by atoms with Crippen molar-refractivity contribution in [2.45, 2.75) is 37.8 Å². The average molecular weight is 489 g/mol. The number of ether oxygens (including phenoxy) is 1.